The Morgan fingerprint density at radius 3 is 2.52 bits per heavy atom. The van der Waals surface area contributed by atoms with Crippen molar-refractivity contribution in [3.05, 3.63) is 23.8 Å². The van der Waals surface area contributed by atoms with E-state index in [1.54, 1.807) is 12.1 Å². The molecule has 0 bridgehead atoms. The number of aliphatic hydroxyl groups excluding tert-OH is 1. The Morgan fingerprint density at radius 1 is 1.24 bits per heavy atom. The highest BCUT2D eigenvalue weighted by molar-refractivity contribution is 6.40. The lowest BCUT2D eigenvalue weighted by Gasteiger charge is -2.22. The van der Waals surface area contributed by atoms with E-state index in [2.05, 4.69) is 15.5 Å². The lowest BCUT2D eigenvalue weighted by atomic mass is 10.1. The smallest absolute Gasteiger partial charge is 0.337 e. The number of hydrogen-bond acceptors (Lipinski definition) is 6. The van der Waals surface area contributed by atoms with Crippen molar-refractivity contribution in [3.63, 3.8) is 0 Å². The molecule has 0 saturated carbocycles. The zero-order valence-corrected chi connectivity index (χ0v) is 14.4. The summed E-state index contributed by atoms with van der Waals surface area (Å²) in [5.74, 6) is -2.23. The van der Waals surface area contributed by atoms with E-state index in [4.69, 9.17) is 4.74 Å². The first-order valence-corrected chi connectivity index (χ1v) is 8.17. The third-order valence-electron chi connectivity index (χ3n) is 3.88. The number of aliphatic hydroxyl groups is 1. The predicted molar refractivity (Wildman–Crippen MR) is 92.5 cm³/mol. The number of hydrogen-bond donors (Lipinski definition) is 3. The Labute approximate surface area is 146 Å². The second-order valence-electron chi connectivity index (χ2n) is 5.93. The fourth-order valence-electron chi connectivity index (χ4n) is 2.61. The molecule has 0 radical (unpaired) electrons. The minimum absolute atomic E-state index is 0.0204. The number of methoxy groups -OCH3 is 1. The molecule has 0 unspecified atom stereocenters. The highest BCUT2D eigenvalue weighted by Gasteiger charge is 2.21. The van der Waals surface area contributed by atoms with Gasteiger partial charge in [-0.15, -0.1) is 0 Å². The van der Waals surface area contributed by atoms with Crippen molar-refractivity contribution < 1.29 is 24.2 Å². The Bertz CT molecular complexity index is 654. The molecule has 1 heterocycles. The number of rotatable bonds is 5. The Balaban J connectivity index is 2.21. The lowest BCUT2D eigenvalue weighted by molar-refractivity contribution is -0.136. The van der Waals surface area contributed by atoms with Crippen LogP contribution in [-0.4, -0.2) is 55.7 Å². The van der Waals surface area contributed by atoms with Crippen LogP contribution < -0.4 is 15.5 Å². The first-order valence-electron chi connectivity index (χ1n) is 8.17. The number of nitrogens with zero attached hydrogens (tertiary/aromatic N) is 1. The van der Waals surface area contributed by atoms with Crippen LogP contribution in [0.3, 0.4) is 0 Å². The lowest BCUT2D eigenvalue weighted by Crippen LogP contribution is -2.39. The van der Waals surface area contributed by atoms with Gasteiger partial charge in [-0.2, -0.15) is 0 Å². The highest BCUT2D eigenvalue weighted by Crippen LogP contribution is 2.30. The number of anilines is 2. The summed E-state index contributed by atoms with van der Waals surface area (Å²) in [6.45, 7) is 3.17. The molecule has 8 heteroatoms. The number of ether oxygens (including phenoxy) is 1. The van der Waals surface area contributed by atoms with E-state index in [1.807, 2.05) is 0 Å². The number of esters is 1. The first-order chi connectivity index (χ1) is 11.9. The summed E-state index contributed by atoms with van der Waals surface area (Å²) in [7, 11) is 1.28. The molecular formula is C17H23N3O5. The van der Waals surface area contributed by atoms with Crippen LogP contribution in [0.15, 0.2) is 18.2 Å². The topological polar surface area (TPSA) is 108 Å². The van der Waals surface area contributed by atoms with Gasteiger partial charge in [-0.3, -0.25) is 9.59 Å². The van der Waals surface area contributed by atoms with Crippen LogP contribution in [0.25, 0.3) is 0 Å². The summed E-state index contributed by atoms with van der Waals surface area (Å²) >= 11 is 0. The number of carbonyl (C=O) groups is 3. The third kappa shape index (κ3) is 4.93. The molecule has 25 heavy (non-hydrogen) atoms. The van der Waals surface area contributed by atoms with Crippen molar-refractivity contribution in [3.8, 4) is 0 Å². The second-order valence-corrected chi connectivity index (χ2v) is 5.93. The largest absolute Gasteiger partial charge is 0.465 e. The molecule has 2 amide bonds. The summed E-state index contributed by atoms with van der Waals surface area (Å²) in [6.07, 6.45) is 1.33. The van der Waals surface area contributed by atoms with Gasteiger partial charge in [-0.05, 0) is 38.0 Å². The fraction of sp³-hybridized carbons (Fsp3) is 0.471. The van der Waals surface area contributed by atoms with Gasteiger partial charge < -0.3 is 25.4 Å². The molecule has 3 N–H and O–H groups in total. The molecule has 1 fully saturated rings. The number of benzene rings is 1. The van der Waals surface area contributed by atoms with Gasteiger partial charge in [0.25, 0.3) is 0 Å². The van der Waals surface area contributed by atoms with Crippen LogP contribution in [0.1, 0.15) is 30.1 Å². The number of amides is 2. The summed E-state index contributed by atoms with van der Waals surface area (Å²) in [5, 5.41) is 14.1. The van der Waals surface area contributed by atoms with Gasteiger partial charge in [0, 0.05) is 19.6 Å². The number of carbonyl (C=O) groups excluding carboxylic acids is 3. The van der Waals surface area contributed by atoms with Gasteiger partial charge in [0.1, 0.15) is 0 Å². The number of nitrogens with one attached hydrogen (secondary N) is 2. The van der Waals surface area contributed by atoms with Gasteiger partial charge in [0.15, 0.2) is 0 Å². The van der Waals surface area contributed by atoms with E-state index >= 15 is 0 Å². The quantitative estimate of drug-likeness (QED) is 0.528. The van der Waals surface area contributed by atoms with Crippen molar-refractivity contribution in [2.45, 2.75) is 25.9 Å². The second kappa shape index (κ2) is 8.48. The maximum absolute atomic E-state index is 12.1. The van der Waals surface area contributed by atoms with Gasteiger partial charge in [-0.25, -0.2) is 4.79 Å². The Kier molecular flexibility index (Phi) is 6.35. The van der Waals surface area contributed by atoms with Crippen LogP contribution in [0, 0.1) is 0 Å². The molecule has 1 aliphatic heterocycles. The van der Waals surface area contributed by atoms with Crippen molar-refractivity contribution in [1.29, 1.82) is 0 Å². The van der Waals surface area contributed by atoms with Gasteiger partial charge in [0.2, 0.25) is 0 Å². The molecule has 1 aromatic rings. The maximum atomic E-state index is 12.1. The molecule has 136 valence electrons. The fourth-order valence-corrected chi connectivity index (χ4v) is 2.61. The van der Waals surface area contributed by atoms with E-state index in [0.717, 1.165) is 31.6 Å². The van der Waals surface area contributed by atoms with Crippen molar-refractivity contribution in [1.82, 2.24) is 5.32 Å². The third-order valence-corrected chi connectivity index (χ3v) is 3.88. The Hall–Kier alpha value is -2.61. The minimum Gasteiger partial charge on any atom is -0.465 e. The van der Waals surface area contributed by atoms with Crippen molar-refractivity contribution in [2.24, 2.45) is 0 Å². The standard InChI is InChI=1S/C17H23N3O5/c1-11(21)10-18-15(22)16(23)19-13-9-12(17(24)25-2)5-6-14(13)20-7-3-4-8-20/h5-6,9,11,21H,3-4,7-8,10H2,1-2H3,(H,18,22)(H,19,23)/t11-/m0/s1. The molecule has 1 saturated heterocycles. The normalized spacial score (nSPS) is 14.8. The van der Waals surface area contributed by atoms with Gasteiger partial charge in [-0.1, -0.05) is 0 Å². The molecule has 1 atom stereocenters. The van der Waals surface area contributed by atoms with Crippen LogP contribution in [-0.2, 0) is 14.3 Å². The zero-order chi connectivity index (χ0) is 18.4. The van der Waals surface area contributed by atoms with E-state index < -0.39 is 23.9 Å². The summed E-state index contributed by atoms with van der Waals surface area (Å²) in [6, 6.07) is 4.86. The summed E-state index contributed by atoms with van der Waals surface area (Å²) in [5.41, 5.74) is 1.41. The molecule has 2 rings (SSSR count). The van der Waals surface area contributed by atoms with E-state index in [-0.39, 0.29) is 12.1 Å². The van der Waals surface area contributed by atoms with Gasteiger partial charge in [0.05, 0.1) is 30.2 Å². The van der Waals surface area contributed by atoms with Crippen LogP contribution in [0.4, 0.5) is 11.4 Å². The predicted octanol–water partition coefficient (Wildman–Crippen LogP) is 0.509. The molecule has 0 spiro atoms. The van der Waals surface area contributed by atoms with Gasteiger partial charge >= 0.3 is 17.8 Å². The van der Waals surface area contributed by atoms with Crippen molar-refractivity contribution in [2.75, 3.05) is 37.0 Å². The molecule has 1 aliphatic rings. The molecule has 1 aromatic carbocycles. The van der Waals surface area contributed by atoms with E-state index in [1.165, 1.54) is 20.1 Å². The molecule has 0 aliphatic carbocycles. The maximum Gasteiger partial charge on any atom is 0.337 e. The molecule has 8 nitrogen and oxygen atoms in total. The van der Waals surface area contributed by atoms with Crippen LogP contribution in [0.5, 0.6) is 0 Å². The van der Waals surface area contributed by atoms with E-state index in [0.29, 0.717) is 5.69 Å². The van der Waals surface area contributed by atoms with Crippen molar-refractivity contribution >= 4 is 29.2 Å². The zero-order valence-electron chi connectivity index (χ0n) is 14.4. The summed E-state index contributed by atoms with van der Waals surface area (Å²) in [4.78, 5) is 37.8. The van der Waals surface area contributed by atoms with Crippen LogP contribution >= 0.6 is 0 Å². The first kappa shape index (κ1) is 18.7. The SMILES string of the molecule is COC(=O)c1ccc(N2CCCC2)c(NC(=O)C(=O)NC[C@H](C)O)c1. The monoisotopic (exact) mass is 349 g/mol. The average molecular weight is 349 g/mol. The van der Waals surface area contributed by atoms with Crippen LogP contribution in [0.2, 0.25) is 0 Å². The highest BCUT2D eigenvalue weighted by atomic mass is 16.5. The Morgan fingerprint density at radius 2 is 1.92 bits per heavy atom. The summed E-state index contributed by atoms with van der Waals surface area (Å²) < 4.78 is 4.70. The minimum atomic E-state index is -0.858. The molecular weight excluding hydrogens is 326 g/mol. The molecule has 0 aromatic heterocycles. The average Bonchev–Trinajstić information content (AvgIpc) is 3.13. The van der Waals surface area contributed by atoms with E-state index in [9.17, 15) is 19.5 Å².